The fourth-order valence-corrected chi connectivity index (χ4v) is 3.58. The van der Waals surface area contributed by atoms with Crippen LogP contribution in [0.5, 0.6) is 5.75 Å². The van der Waals surface area contributed by atoms with Crippen LogP contribution in [0, 0.1) is 0 Å². The Bertz CT molecular complexity index is 950. The number of amides is 1. The summed E-state index contributed by atoms with van der Waals surface area (Å²) < 4.78 is 7.64. The van der Waals surface area contributed by atoms with Crippen molar-refractivity contribution in [2.75, 3.05) is 11.1 Å². The second-order valence-corrected chi connectivity index (χ2v) is 7.50. The van der Waals surface area contributed by atoms with Crippen molar-refractivity contribution < 1.29 is 9.53 Å². The van der Waals surface area contributed by atoms with E-state index < -0.39 is 0 Å². The largest absolute Gasteiger partial charge is 0.484 e. The summed E-state index contributed by atoms with van der Waals surface area (Å²) in [6.45, 7) is 2.82. The highest BCUT2D eigenvalue weighted by molar-refractivity contribution is 7.99. The molecule has 3 aromatic rings. The molecular formula is C19H18Cl2N4O2S. The summed E-state index contributed by atoms with van der Waals surface area (Å²) >= 11 is 13.4. The zero-order valence-electron chi connectivity index (χ0n) is 15.1. The first-order chi connectivity index (χ1) is 13.6. The molecule has 28 heavy (non-hydrogen) atoms. The van der Waals surface area contributed by atoms with Crippen LogP contribution in [0.3, 0.4) is 0 Å². The van der Waals surface area contributed by atoms with Gasteiger partial charge in [-0.05, 0) is 31.2 Å². The molecular weight excluding hydrogens is 419 g/mol. The Hall–Kier alpha value is -2.22. The number of hydrogen-bond donors (Lipinski definition) is 1. The molecule has 0 atom stereocenters. The maximum atomic E-state index is 12.1. The third-order valence-corrected chi connectivity index (χ3v) is 5.26. The van der Waals surface area contributed by atoms with Crippen LogP contribution in [0.1, 0.15) is 12.7 Å². The minimum atomic E-state index is -0.106. The van der Waals surface area contributed by atoms with Gasteiger partial charge in [-0.3, -0.25) is 4.79 Å². The molecule has 0 fully saturated rings. The fraction of sp³-hybridized carbons (Fsp3) is 0.211. The van der Waals surface area contributed by atoms with Crippen LogP contribution in [0.25, 0.3) is 0 Å². The standard InChI is InChI=1S/C19H18Cl2N4O2S/c1-2-25-17(11-27-16-10-13(20)8-9-15(16)21)23-24-19(25)28-12-18(26)22-14-6-4-3-5-7-14/h3-10H,2,11-12H2,1H3,(H,22,26). The summed E-state index contributed by atoms with van der Waals surface area (Å²) in [5, 5.41) is 12.9. The number of hydrogen-bond acceptors (Lipinski definition) is 5. The van der Waals surface area contributed by atoms with Gasteiger partial charge in [0.05, 0.1) is 10.8 Å². The average Bonchev–Trinajstić information content (AvgIpc) is 3.09. The number of aromatic nitrogens is 3. The average molecular weight is 437 g/mol. The highest BCUT2D eigenvalue weighted by atomic mass is 35.5. The first kappa shape index (κ1) is 20.5. The van der Waals surface area contributed by atoms with E-state index in [-0.39, 0.29) is 18.3 Å². The molecule has 1 N–H and O–H groups in total. The van der Waals surface area contributed by atoms with Gasteiger partial charge in [0.15, 0.2) is 11.0 Å². The van der Waals surface area contributed by atoms with E-state index in [4.69, 9.17) is 27.9 Å². The number of para-hydroxylation sites is 1. The molecule has 0 aliphatic rings. The Kier molecular flexibility index (Phi) is 7.19. The number of rotatable bonds is 8. The quantitative estimate of drug-likeness (QED) is 0.507. The Morgan fingerprint density at radius 2 is 1.96 bits per heavy atom. The molecule has 9 heteroatoms. The van der Waals surface area contributed by atoms with Crippen molar-refractivity contribution in [3.63, 3.8) is 0 Å². The van der Waals surface area contributed by atoms with Crippen molar-refractivity contribution in [1.29, 1.82) is 0 Å². The van der Waals surface area contributed by atoms with Gasteiger partial charge >= 0.3 is 0 Å². The Morgan fingerprint density at radius 3 is 2.71 bits per heavy atom. The maximum Gasteiger partial charge on any atom is 0.234 e. The van der Waals surface area contributed by atoms with E-state index in [0.29, 0.717) is 33.3 Å². The zero-order valence-corrected chi connectivity index (χ0v) is 17.4. The van der Waals surface area contributed by atoms with Gasteiger partial charge in [0.2, 0.25) is 5.91 Å². The normalized spacial score (nSPS) is 10.7. The number of benzene rings is 2. The molecule has 1 amide bonds. The lowest BCUT2D eigenvalue weighted by Gasteiger charge is -2.10. The number of halogens is 2. The van der Waals surface area contributed by atoms with Crippen molar-refractivity contribution in [2.24, 2.45) is 0 Å². The van der Waals surface area contributed by atoms with Gasteiger partial charge < -0.3 is 14.6 Å². The van der Waals surface area contributed by atoms with E-state index in [2.05, 4.69) is 15.5 Å². The minimum Gasteiger partial charge on any atom is -0.484 e. The van der Waals surface area contributed by atoms with Crippen LogP contribution < -0.4 is 10.1 Å². The Morgan fingerprint density at radius 1 is 1.18 bits per heavy atom. The van der Waals surface area contributed by atoms with Crippen molar-refractivity contribution >= 4 is 46.6 Å². The predicted octanol–water partition coefficient (Wildman–Crippen LogP) is 4.91. The lowest BCUT2D eigenvalue weighted by atomic mass is 10.3. The second-order valence-electron chi connectivity index (χ2n) is 5.71. The first-order valence-corrected chi connectivity index (χ1v) is 10.3. The van der Waals surface area contributed by atoms with Gasteiger partial charge in [0.25, 0.3) is 0 Å². The molecule has 0 spiro atoms. The third-order valence-electron chi connectivity index (χ3n) is 3.75. The summed E-state index contributed by atoms with van der Waals surface area (Å²) in [7, 11) is 0. The lowest BCUT2D eigenvalue weighted by molar-refractivity contribution is -0.113. The summed E-state index contributed by atoms with van der Waals surface area (Å²) in [4.78, 5) is 12.1. The number of carbonyl (C=O) groups is 1. The molecule has 0 saturated heterocycles. The van der Waals surface area contributed by atoms with Crippen molar-refractivity contribution in [3.8, 4) is 5.75 Å². The monoisotopic (exact) mass is 436 g/mol. The van der Waals surface area contributed by atoms with Gasteiger partial charge in [0, 0.05) is 23.3 Å². The second kappa shape index (κ2) is 9.82. The maximum absolute atomic E-state index is 12.1. The highest BCUT2D eigenvalue weighted by Gasteiger charge is 2.14. The first-order valence-electron chi connectivity index (χ1n) is 8.54. The van der Waals surface area contributed by atoms with Crippen LogP contribution in [-0.2, 0) is 17.9 Å². The number of nitrogens with one attached hydrogen (secondary N) is 1. The number of thioether (sulfide) groups is 1. The highest BCUT2D eigenvalue weighted by Crippen LogP contribution is 2.28. The van der Waals surface area contributed by atoms with Crippen LogP contribution in [0.4, 0.5) is 5.69 Å². The zero-order chi connectivity index (χ0) is 19.9. The van der Waals surface area contributed by atoms with E-state index in [9.17, 15) is 4.79 Å². The molecule has 1 aromatic heterocycles. The molecule has 0 saturated carbocycles. The van der Waals surface area contributed by atoms with Crippen molar-refractivity contribution in [1.82, 2.24) is 14.8 Å². The van der Waals surface area contributed by atoms with Crippen molar-refractivity contribution in [2.45, 2.75) is 25.2 Å². The summed E-state index contributed by atoms with van der Waals surface area (Å²) in [5.41, 5.74) is 0.762. The smallest absolute Gasteiger partial charge is 0.234 e. The molecule has 0 bridgehead atoms. The van der Waals surface area contributed by atoms with Crippen LogP contribution in [0.2, 0.25) is 10.0 Å². The lowest BCUT2D eigenvalue weighted by Crippen LogP contribution is -2.14. The summed E-state index contributed by atoms with van der Waals surface area (Å²) in [6.07, 6.45) is 0. The van der Waals surface area contributed by atoms with Crippen molar-refractivity contribution in [3.05, 3.63) is 64.4 Å². The molecule has 2 aromatic carbocycles. The van der Waals surface area contributed by atoms with E-state index in [0.717, 1.165) is 5.69 Å². The SMILES string of the molecule is CCn1c(COc2cc(Cl)ccc2Cl)nnc1SCC(=O)Nc1ccccc1. The molecule has 6 nitrogen and oxygen atoms in total. The van der Waals surface area contributed by atoms with Gasteiger partial charge in [0.1, 0.15) is 12.4 Å². The van der Waals surface area contributed by atoms with Crippen LogP contribution in [-0.4, -0.2) is 26.4 Å². The molecule has 0 unspecified atom stereocenters. The van der Waals surface area contributed by atoms with E-state index in [1.807, 2.05) is 41.8 Å². The molecule has 0 aliphatic heterocycles. The number of ether oxygens (including phenoxy) is 1. The fourth-order valence-electron chi connectivity index (χ4n) is 2.43. The summed E-state index contributed by atoms with van der Waals surface area (Å²) in [6, 6.07) is 14.3. The van der Waals surface area contributed by atoms with Crippen LogP contribution >= 0.6 is 35.0 Å². The molecule has 0 radical (unpaired) electrons. The summed E-state index contributed by atoms with van der Waals surface area (Å²) in [5.74, 6) is 1.25. The van der Waals surface area contributed by atoms with Crippen LogP contribution in [0.15, 0.2) is 53.7 Å². The number of carbonyl (C=O) groups excluding carboxylic acids is 1. The third kappa shape index (κ3) is 5.41. The molecule has 146 valence electrons. The Balaban J connectivity index is 1.60. The van der Waals surface area contributed by atoms with Gasteiger partial charge in [-0.2, -0.15) is 0 Å². The molecule has 1 heterocycles. The van der Waals surface area contributed by atoms with E-state index in [1.165, 1.54) is 11.8 Å². The Labute approximate surface area is 177 Å². The van der Waals surface area contributed by atoms with E-state index >= 15 is 0 Å². The van der Waals surface area contributed by atoms with Gasteiger partial charge in [-0.25, -0.2) is 0 Å². The molecule has 3 rings (SSSR count). The van der Waals surface area contributed by atoms with Gasteiger partial charge in [-0.1, -0.05) is 53.2 Å². The minimum absolute atomic E-state index is 0.106. The van der Waals surface area contributed by atoms with E-state index in [1.54, 1.807) is 18.2 Å². The molecule has 0 aliphatic carbocycles. The number of nitrogens with zero attached hydrogens (tertiary/aromatic N) is 3. The van der Waals surface area contributed by atoms with Gasteiger partial charge in [-0.15, -0.1) is 10.2 Å². The predicted molar refractivity (Wildman–Crippen MR) is 112 cm³/mol. The topological polar surface area (TPSA) is 69.0 Å². The number of anilines is 1.